The summed E-state index contributed by atoms with van der Waals surface area (Å²) in [6.45, 7) is 25.2. The maximum absolute atomic E-state index is 5.87. The van der Waals surface area contributed by atoms with E-state index in [1.807, 2.05) is 6.92 Å². The smallest absolute Gasteiger partial charge is 0.110 e. The lowest BCUT2D eigenvalue weighted by Crippen LogP contribution is -2.34. The van der Waals surface area contributed by atoms with E-state index in [1.54, 1.807) is 0 Å². The molecule has 0 amide bonds. The molecule has 2 unspecified atom stereocenters. The number of hydrogen-bond donors (Lipinski definition) is 2. The molecule has 2 atom stereocenters. The Kier molecular flexibility index (Phi) is 9.91. The van der Waals surface area contributed by atoms with Crippen LogP contribution in [0.2, 0.25) is 0 Å². The Morgan fingerprint density at radius 1 is 1.05 bits per heavy atom. The van der Waals surface area contributed by atoms with Gasteiger partial charge in [0.1, 0.15) is 5.82 Å². The van der Waals surface area contributed by atoms with Gasteiger partial charge in [-0.3, -0.25) is 0 Å². The molecule has 2 aromatic carbocycles. The van der Waals surface area contributed by atoms with Crippen LogP contribution in [0.25, 0.3) is 22.3 Å². The lowest BCUT2D eigenvalue weighted by Gasteiger charge is -2.28. The van der Waals surface area contributed by atoms with Gasteiger partial charge in [-0.1, -0.05) is 56.5 Å². The minimum absolute atomic E-state index is 0.401. The van der Waals surface area contributed by atoms with Gasteiger partial charge in [0.2, 0.25) is 0 Å². The Morgan fingerprint density at radius 3 is 2.48 bits per heavy atom. The van der Waals surface area contributed by atoms with Crippen molar-refractivity contribution in [3.05, 3.63) is 89.9 Å². The Labute approximate surface area is 241 Å². The predicted molar refractivity (Wildman–Crippen MR) is 172 cm³/mol. The number of aromatic nitrogens is 2. The van der Waals surface area contributed by atoms with Crippen molar-refractivity contribution in [3.8, 4) is 0 Å². The van der Waals surface area contributed by atoms with Crippen molar-refractivity contribution in [2.24, 2.45) is 5.73 Å². The Bertz CT molecular complexity index is 1340. The zero-order chi connectivity index (χ0) is 28.8. The molecule has 5 nitrogen and oxygen atoms in total. The topological polar surface area (TPSA) is 61.2 Å². The number of nitrogens with two attached hydrogens (primary N) is 1. The summed E-state index contributed by atoms with van der Waals surface area (Å²) in [5, 5.41) is 0. The number of fused-ring (bicyclic) bond motifs is 1. The number of aromatic amines is 1. The fourth-order valence-corrected chi connectivity index (χ4v) is 5.95. The molecule has 3 heterocycles. The normalized spacial score (nSPS) is 17.6. The summed E-state index contributed by atoms with van der Waals surface area (Å²) in [5.74, 6) is 1.48. The Morgan fingerprint density at radius 2 is 1.80 bits per heavy atom. The highest BCUT2D eigenvalue weighted by atomic mass is 15.2. The lowest BCUT2D eigenvalue weighted by atomic mass is 9.99. The number of hydrogen-bond acceptors (Lipinski definition) is 4. The number of aryl methyl sites for hydroxylation is 2. The number of likely N-dealkylation sites (tertiary alicyclic amines) is 2. The van der Waals surface area contributed by atoms with Crippen LogP contribution in [-0.2, 0) is 0 Å². The van der Waals surface area contributed by atoms with Gasteiger partial charge in [0.25, 0.3) is 0 Å². The van der Waals surface area contributed by atoms with Gasteiger partial charge in [-0.15, -0.1) is 0 Å². The second kappa shape index (κ2) is 13.4. The van der Waals surface area contributed by atoms with Crippen LogP contribution < -0.4 is 5.73 Å². The maximum Gasteiger partial charge on any atom is 0.110 e. The van der Waals surface area contributed by atoms with Gasteiger partial charge >= 0.3 is 0 Å². The lowest BCUT2D eigenvalue weighted by molar-refractivity contribution is 0.312. The third-order valence-electron chi connectivity index (χ3n) is 8.56. The van der Waals surface area contributed by atoms with Crippen LogP contribution >= 0.6 is 0 Å². The molecule has 0 saturated carbocycles. The van der Waals surface area contributed by atoms with E-state index in [1.165, 1.54) is 59.3 Å². The fourth-order valence-electron chi connectivity index (χ4n) is 5.95. The first kappa shape index (κ1) is 29.7. The van der Waals surface area contributed by atoms with E-state index in [-0.39, 0.29) is 0 Å². The van der Waals surface area contributed by atoms with Crippen molar-refractivity contribution in [3.63, 3.8) is 0 Å². The molecule has 214 valence electrons. The third kappa shape index (κ3) is 7.06. The van der Waals surface area contributed by atoms with Crippen molar-refractivity contribution in [2.75, 3.05) is 26.2 Å². The van der Waals surface area contributed by atoms with E-state index < -0.39 is 0 Å². The first-order valence-corrected chi connectivity index (χ1v) is 15.0. The quantitative estimate of drug-likeness (QED) is 0.291. The van der Waals surface area contributed by atoms with Crippen LogP contribution in [0.5, 0.6) is 0 Å². The summed E-state index contributed by atoms with van der Waals surface area (Å²) in [7, 11) is 0. The molecule has 3 N–H and O–H groups in total. The van der Waals surface area contributed by atoms with E-state index in [4.69, 9.17) is 10.7 Å². The van der Waals surface area contributed by atoms with Crippen LogP contribution in [0.1, 0.15) is 86.4 Å². The first-order valence-electron chi connectivity index (χ1n) is 15.0. The number of benzene rings is 2. The molecule has 0 bridgehead atoms. The molecule has 40 heavy (non-hydrogen) atoms. The molecular formula is C35H49N5. The summed E-state index contributed by atoms with van der Waals surface area (Å²) < 4.78 is 0. The van der Waals surface area contributed by atoms with Gasteiger partial charge in [0, 0.05) is 55.1 Å². The molecule has 5 rings (SSSR count). The van der Waals surface area contributed by atoms with Crippen molar-refractivity contribution < 1.29 is 0 Å². The molecule has 2 saturated heterocycles. The molecule has 2 fully saturated rings. The summed E-state index contributed by atoms with van der Waals surface area (Å²) in [6, 6.07) is 13.4. The highest BCUT2D eigenvalue weighted by Crippen LogP contribution is 2.28. The Hall–Kier alpha value is -3.31. The average molecular weight is 540 g/mol. The van der Waals surface area contributed by atoms with Gasteiger partial charge in [0.15, 0.2) is 0 Å². The second-order valence-corrected chi connectivity index (χ2v) is 11.8. The van der Waals surface area contributed by atoms with E-state index in [0.717, 1.165) is 61.5 Å². The van der Waals surface area contributed by atoms with Crippen LogP contribution in [0.15, 0.2) is 61.8 Å². The monoisotopic (exact) mass is 539 g/mol. The average Bonchev–Trinajstić information content (AvgIpc) is 3.71. The number of nitrogens with one attached hydrogen (secondary N) is 1. The molecule has 5 heteroatoms. The third-order valence-corrected chi connectivity index (χ3v) is 8.56. The number of nitrogens with zero attached hydrogens (tertiary/aromatic N) is 3. The zero-order valence-corrected chi connectivity index (χ0v) is 25.2. The SMILES string of the molecule is C=C(C)c1ccc(C(=C)N2CCCC2)c(C)c1.C=C(CCC(C)c1nc2ccc(C)cc2[nH]1)N1CCCC1CN. The van der Waals surface area contributed by atoms with Gasteiger partial charge in [0.05, 0.1) is 11.0 Å². The minimum Gasteiger partial charge on any atom is -0.372 e. The van der Waals surface area contributed by atoms with Crippen molar-refractivity contribution in [1.29, 1.82) is 0 Å². The molecule has 0 spiro atoms. The molecule has 1 aromatic heterocycles. The van der Waals surface area contributed by atoms with Crippen LogP contribution in [0.4, 0.5) is 0 Å². The molecular weight excluding hydrogens is 490 g/mol. The Balaban J connectivity index is 0.000000194. The molecule has 0 radical (unpaired) electrons. The van der Waals surface area contributed by atoms with Gasteiger partial charge in [-0.25, -0.2) is 4.98 Å². The number of allylic oxidation sites excluding steroid dienone is 2. The van der Waals surface area contributed by atoms with Crippen LogP contribution in [0, 0.1) is 13.8 Å². The van der Waals surface area contributed by atoms with Crippen molar-refractivity contribution in [1.82, 2.24) is 19.8 Å². The summed E-state index contributed by atoms with van der Waals surface area (Å²) in [6.07, 6.45) is 7.09. The van der Waals surface area contributed by atoms with E-state index in [2.05, 4.69) is 91.7 Å². The summed E-state index contributed by atoms with van der Waals surface area (Å²) in [4.78, 5) is 13.0. The first-order chi connectivity index (χ1) is 19.2. The number of imidazole rings is 1. The molecule has 2 aliphatic rings. The highest BCUT2D eigenvalue weighted by molar-refractivity contribution is 5.76. The van der Waals surface area contributed by atoms with Gasteiger partial charge < -0.3 is 20.5 Å². The van der Waals surface area contributed by atoms with Crippen LogP contribution in [0.3, 0.4) is 0 Å². The summed E-state index contributed by atoms with van der Waals surface area (Å²) in [5.41, 5.74) is 16.6. The van der Waals surface area contributed by atoms with E-state index in [9.17, 15) is 0 Å². The van der Waals surface area contributed by atoms with E-state index >= 15 is 0 Å². The fraction of sp³-hybridized carbons (Fsp3) is 0.457. The number of rotatable bonds is 9. The standard InChI is InChI=1S/C19H28N4.C16H21N/c1-13-6-9-17-18(11-13)22-19(21-17)14(2)7-8-15(3)23-10-4-5-16(23)12-20;1-12(2)15-7-8-16(13(3)11-15)14(4)17-9-5-6-10-17/h6,9,11,14,16H,3-5,7-8,10,12,20H2,1-2H3,(H,21,22);7-8,11H,1,4-6,9-10H2,2-3H3. The largest absolute Gasteiger partial charge is 0.372 e. The minimum atomic E-state index is 0.401. The molecule has 2 aliphatic heterocycles. The zero-order valence-electron chi connectivity index (χ0n) is 25.2. The molecule has 3 aromatic rings. The van der Waals surface area contributed by atoms with Gasteiger partial charge in [-0.05, 0) is 88.1 Å². The van der Waals surface area contributed by atoms with Crippen LogP contribution in [-0.4, -0.2) is 52.0 Å². The predicted octanol–water partition coefficient (Wildman–Crippen LogP) is 7.79. The van der Waals surface area contributed by atoms with Gasteiger partial charge in [-0.2, -0.15) is 0 Å². The van der Waals surface area contributed by atoms with E-state index in [0.29, 0.717) is 12.0 Å². The molecule has 0 aliphatic carbocycles. The van der Waals surface area contributed by atoms with Crippen molar-refractivity contribution >= 4 is 22.3 Å². The summed E-state index contributed by atoms with van der Waals surface area (Å²) >= 11 is 0. The number of H-pyrrole nitrogens is 1. The second-order valence-electron chi connectivity index (χ2n) is 11.8. The maximum atomic E-state index is 5.87. The highest BCUT2D eigenvalue weighted by Gasteiger charge is 2.24. The van der Waals surface area contributed by atoms with Crippen molar-refractivity contribution in [2.45, 2.75) is 78.2 Å².